The molecule has 0 bridgehead atoms. The van der Waals surface area contributed by atoms with Gasteiger partial charge in [0.1, 0.15) is 0 Å². The predicted molar refractivity (Wildman–Crippen MR) is 108 cm³/mol. The molecule has 3 aromatic carbocycles. The van der Waals surface area contributed by atoms with Gasteiger partial charge < -0.3 is 5.43 Å². The lowest BCUT2D eigenvalue weighted by molar-refractivity contribution is 0.598. The van der Waals surface area contributed by atoms with E-state index in [1.807, 2.05) is 60.7 Å². The maximum Gasteiger partial charge on any atom is 0.415 e. The van der Waals surface area contributed by atoms with E-state index in [0.29, 0.717) is 0 Å². The molecular weight excluding hydrogens is 327 g/mol. The fourth-order valence-corrected chi connectivity index (χ4v) is 3.87. The molecule has 25 heavy (non-hydrogen) atoms. The van der Waals surface area contributed by atoms with Gasteiger partial charge in [0.25, 0.3) is 0 Å². The van der Waals surface area contributed by atoms with Crippen LogP contribution in [0.3, 0.4) is 0 Å². The highest BCUT2D eigenvalue weighted by Gasteiger charge is 2.21. The normalized spacial score (nSPS) is 9.76. The fraction of sp³-hybridized carbons (Fsp3) is 0.143. The monoisotopic (exact) mass is 351 g/mol. The highest BCUT2D eigenvalue weighted by Crippen LogP contribution is 2.20. The molecule has 0 aliphatic carbocycles. The van der Waals surface area contributed by atoms with Gasteiger partial charge in [-0.2, -0.15) is 0 Å². The lowest BCUT2D eigenvalue weighted by Gasteiger charge is -2.09. The van der Waals surface area contributed by atoms with Gasteiger partial charge in [0, 0.05) is 0 Å². The molecule has 0 aliphatic rings. The van der Waals surface area contributed by atoms with Crippen LogP contribution in [-0.4, -0.2) is 0 Å². The number of aryl methyl sites for hydroxylation is 3. The van der Waals surface area contributed by atoms with E-state index in [0.717, 1.165) is 16.3 Å². The Morgan fingerprint density at radius 1 is 0.760 bits per heavy atom. The van der Waals surface area contributed by atoms with Gasteiger partial charge in [-0.3, -0.25) is 5.84 Å². The number of nitrogen functional groups attached to an aromatic ring is 1. The minimum atomic E-state index is -1.42. The Labute approximate surface area is 150 Å². The lowest BCUT2D eigenvalue weighted by Crippen LogP contribution is -2.09. The van der Waals surface area contributed by atoms with Gasteiger partial charge in [0.15, 0.2) is 10.6 Å². The van der Waals surface area contributed by atoms with Crippen molar-refractivity contribution in [3.63, 3.8) is 0 Å². The zero-order chi connectivity index (χ0) is 18.2. The van der Waals surface area contributed by atoms with Crippen molar-refractivity contribution in [2.75, 3.05) is 5.43 Å². The highest BCUT2D eigenvalue weighted by atomic mass is 31.1. The van der Waals surface area contributed by atoms with Crippen molar-refractivity contribution >= 4 is 24.1 Å². The quantitative estimate of drug-likeness (QED) is 0.419. The van der Waals surface area contributed by atoms with E-state index in [1.165, 1.54) is 16.7 Å². The van der Waals surface area contributed by atoms with Crippen LogP contribution in [0.2, 0.25) is 0 Å². The summed E-state index contributed by atoms with van der Waals surface area (Å²) in [4.78, 5) is 0. The molecule has 4 heteroatoms. The summed E-state index contributed by atoms with van der Waals surface area (Å²) >= 11 is 0. The molecule has 0 radical (unpaired) electrons. The maximum atomic E-state index is 12.0. The molecule has 0 aliphatic heterocycles. The smallest absolute Gasteiger partial charge is 0.324 e. The molecule has 0 fully saturated rings. The van der Waals surface area contributed by atoms with Crippen molar-refractivity contribution in [1.29, 1.82) is 0 Å². The first-order chi connectivity index (χ1) is 12.0. The molecule has 0 amide bonds. The molecule has 3 N–H and O–H groups in total. The third-order valence-electron chi connectivity index (χ3n) is 3.80. The molecule has 0 saturated carbocycles. The molecular formula is C21H24N2OP+. The van der Waals surface area contributed by atoms with Crippen LogP contribution in [0.25, 0.3) is 0 Å². The SMILES string of the molecule is Cc1cc(C)c(NN)c(C)c1.O=[P+](c1ccccc1)c1ccccc1. The number of anilines is 1. The second-order valence-corrected chi connectivity index (χ2v) is 7.51. The van der Waals surface area contributed by atoms with Crippen molar-refractivity contribution in [3.05, 3.63) is 89.5 Å². The number of hydrazine groups is 1. The first kappa shape index (κ1) is 18.9. The number of nitrogens with one attached hydrogen (secondary N) is 1. The zero-order valence-corrected chi connectivity index (χ0v) is 15.8. The summed E-state index contributed by atoms with van der Waals surface area (Å²) in [5.41, 5.74) is 7.40. The van der Waals surface area contributed by atoms with Crippen molar-refractivity contribution in [3.8, 4) is 0 Å². The van der Waals surface area contributed by atoms with Crippen LogP contribution in [0.5, 0.6) is 0 Å². The third kappa shape index (κ3) is 5.25. The van der Waals surface area contributed by atoms with E-state index < -0.39 is 7.80 Å². The standard InChI is InChI=1S/C12H10OP.C9H14N2/c13-14(11-7-3-1-4-8-11)12-9-5-2-6-10-12;1-6-4-7(2)9(11-10)8(3)5-6/h1-10H;4-5,11H,10H2,1-3H3/q+1;. The molecule has 0 saturated heterocycles. The van der Waals surface area contributed by atoms with Crippen molar-refractivity contribution < 1.29 is 4.57 Å². The Balaban J connectivity index is 0.000000186. The van der Waals surface area contributed by atoms with Gasteiger partial charge >= 0.3 is 7.80 Å². The van der Waals surface area contributed by atoms with Gasteiger partial charge in [-0.15, -0.1) is 0 Å². The first-order valence-corrected chi connectivity index (χ1v) is 9.40. The summed E-state index contributed by atoms with van der Waals surface area (Å²) in [5.74, 6) is 5.35. The van der Waals surface area contributed by atoms with E-state index >= 15 is 0 Å². The van der Waals surface area contributed by atoms with Crippen LogP contribution in [-0.2, 0) is 4.57 Å². The topological polar surface area (TPSA) is 55.1 Å². The van der Waals surface area contributed by atoms with E-state index in [9.17, 15) is 4.57 Å². The summed E-state index contributed by atoms with van der Waals surface area (Å²) in [6, 6.07) is 23.3. The Hall–Kier alpha value is -2.48. The molecule has 3 aromatic rings. The second kappa shape index (κ2) is 9.12. The summed E-state index contributed by atoms with van der Waals surface area (Å²) in [6.07, 6.45) is 0. The summed E-state index contributed by atoms with van der Waals surface area (Å²) in [6.45, 7) is 6.19. The Bertz CT molecular complexity index is 769. The maximum absolute atomic E-state index is 12.0. The number of benzene rings is 3. The van der Waals surface area contributed by atoms with Crippen molar-refractivity contribution in [1.82, 2.24) is 0 Å². The van der Waals surface area contributed by atoms with Crippen LogP contribution < -0.4 is 21.9 Å². The molecule has 3 rings (SSSR count). The van der Waals surface area contributed by atoms with Gasteiger partial charge in [0.05, 0.1) is 5.69 Å². The Kier molecular flexibility index (Phi) is 6.88. The van der Waals surface area contributed by atoms with E-state index in [1.54, 1.807) is 0 Å². The average molecular weight is 351 g/mol. The summed E-state index contributed by atoms with van der Waals surface area (Å²) in [5, 5.41) is 1.77. The Morgan fingerprint density at radius 3 is 1.52 bits per heavy atom. The van der Waals surface area contributed by atoms with Crippen LogP contribution in [0, 0.1) is 20.8 Å². The highest BCUT2D eigenvalue weighted by molar-refractivity contribution is 7.61. The van der Waals surface area contributed by atoms with Gasteiger partial charge in [0.2, 0.25) is 0 Å². The molecule has 0 aromatic heterocycles. The van der Waals surface area contributed by atoms with Crippen molar-refractivity contribution in [2.45, 2.75) is 20.8 Å². The average Bonchev–Trinajstić information content (AvgIpc) is 2.63. The van der Waals surface area contributed by atoms with Crippen LogP contribution in [0.15, 0.2) is 72.8 Å². The van der Waals surface area contributed by atoms with Crippen LogP contribution in [0.4, 0.5) is 5.69 Å². The number of hydrogen-bond acceptors (Lipinski definition) is 3. The van der Waals surface area contributed by atoms with Gasteiger partial charge in [-0.1, -0.05) is 58.7 Å². The van der Waals surface area contributed by atoms with E-state index in [2.05, 4.69) is 38.3 Å². The van der Waals surface area contributed by atoms with Crippen LogP contribution >= 0.6 is 7.80 Å². The largest absolute Gasteiger partial charge is 0.415 e. The zero-order valence-electron chi connectivity index (χ0n) is 14.9. The molecule has 0 atom stereocenters. The molecule has 0 unspecified atom stereocenters. The molecule has 0 heterocycles. The summed E-state index contributed by atoms with van der Waals surface area (Å²) in [7, 11) is -1.42. The fourth-order valence-electron chi connectivity index (χ4n) is 2.68. The first-order valence-electron chi connectivity index (χ1n) is 8.14. The predicted octanol–water partition coefficient (Wildman–Crippen LogP) is 4.36. The third-order valence-corrected chi connectivity index (χ3v) is 5.34. The molecule has 0 spiro atoms. The van der Waals surface area contributed by atoms with Gasteiger partial charge in [-0.25, -0.2) is 0 Å². The number of rotatable bonds is 3. The van der Waals surface area contributed by atoms with Gasteiger partial charge in [-0.05, 0) is 56.2 Å². The van der Waals surface area contributed by atoms with Crippen molar-refractivity contribution in [2.24, 2.45) is 5.84 Å². The van der Waals surface area contributed by atoms with E-state index in [-0.39, 0.29) is 0 Å². The molecule has 128 valence electrons. The van der Waals surface area contributed by atoms with Crippen LogP contribution in [0.1, 0.15) is 16.7 Å². The minimum absolute atomic E-state index is 0.883. The Morgan fingerprint density at radius 2 is 1.16 bits per heavy atom. The summed E-state index contributed by atoms with van der Waals surface area (Å²) < 4.78 is 12.0. The number of nitrogens with two attached hydrogens (primary N) is 1. The van der Waals surface area contributed by atoms with E-state index in [4.69, 9.17) is 5.84 Å². The lowest BCUT2D eigenvalue weighted by atomic mass is 10.1. The minimum Gasteiger partial charge on any atom is -0.324 e. The molecule has 3 nitrogen and oxygen atoms in total. The number of hydrogen-bond donors (Lipinski definition) is 2. The second-order valence-electron chi connectivity index (χ2n) is 5.88.